The fraction of sp³-hybridized carbons (Fsp3) is 0. The number of nitro groups is 2. The molecule has 0 atom stereocenters. The molecule has 2 aromatic carbocycles. The zero-order valence-electron chi connectivity index (χ0n) is 11.7. The fourth-order valence-corrected chi connectivity index (χ4v) is 2.69. The van der Waals surface area contributed by atoms with Gasteiger partial charge in [-0.3, -0.25) is 20.2 Å². The Bertz CT molecular complexity index is 965. The number of hydrogen-bond donors (Lipinski definition) is 2. The van der Waals surface area contributed by atoms with Crippen LogP contribution in [-0.2, 0) is 0 Å². The average Bonchev–Trinajstić information content (AvgIpc) is 2.86. The van der Waals surface area contributed by atoms with E-state index in [0.717, 1.165) is 18.2 Å². The van der Waals surface area contributed by atoms with Crippen LogP contribution in [0.1, 0.15) is 21.5 Å². The molecule has 0 saturated heterocycles. The standard InChI is InChI=1S/C14H7N3O7/c18-14(19)11-5-7(17(23)24)4-10-12(11)8-2-1-6(16(21)22)3-9(8)13(10)15-20/h1-5,20H,(H,18,19)/b15-13-. The van der Waals surface area contributed by atoms with Crippen molar-refractivity contribution >= 4 is 23.1 Å². The number of carbonyl (C=O) groups is 1. The summed E-state index contributed by atoms with van der Waals surface area (Å²) in [5.74, 6) is -1.40. The number of non-ortho nitro benzene ring substituents is 2. The first-order valence-electron chi connectivity index (χ1n) is 6.42. The van der Waals surface area contributed by atoms with E-state index >= 15 is 0 Å². The van der Waals surface area contributed by atoms with E-state index in [1.165, 1.54) is 12.1 Å². The predicted octanol–water partition coefficient (Wildman–Crippen LogP) is 2.41. The van der Waals surface area contributed by atoms with E-state index in [4.69, 9.17) is 0 Å². The first-order chi connectivity index (χ1) is 11.3. The van der Waals surface area contributed by atoms with E-state index in [2.05, 4.69) is 5.16 Å². The summed E-state index contributed by atoms with van der Waals surface area (Å²) in [5, 5.41) is 43.6. The van der Waals surface area contributed by atoms with E-state index in [9.17, 15) is 35.3 Å². The Balaban J connectivity index is 2.39. The van der Waals surface area contributed by atoms with Gasteiger partial charge in [0.05, 0.1) is 15.4 Å². The molecule has 0 heterocycles. The van der Waals surface area contributed by atoms with E-state index in [0.29, 0.717) is 0 Å². The lowest BCUT2D eigenvalue weighted by atomic mass is 9.98. The number of oxime groups is 1. The minimum atomic E-state index is -1.40. The van der Waals surface area contributed by atoms with Gasteiger partial charge < -0.3 is 10.3 Å². The third kappa shape index (κ3) is 2.05. The molecule has 24 heavy (non-hydrogen) atoms. The minimum absolute atomic E-state index is 0.0274. The molecular formula is C14H7N3O7. The molecule has 0 radical (unpaired) electrons. The first kappa shape index (κ1) is 15.1. The third-order valence-electron chi connectivity index (χ3n) is 3.66. The van der Waals surface area contributed by atoms with Crippen LogP contribution >= 0.6 is 0 Å². The Labute approximate surface area is 132 Å². The van der Waals surface area contributed by atoms with Crippen molar-refractivity contribution in [2.45, 2.75) is 0 Å². The van der Waals surface area contributed by atoms with Crippen molar-refractivity contribution in [3.63, 3.8) is 0 Å². The number of hydrogen-bond acceptors (Lipinski definition) is 7. The molecule has 0 unspecified atom stereocenters. The van der Waals surface area contributed by atoms with E-state index in [1.54, 1.807) is 0 Å². The van der Waals surface area contributed by atoms with Gasteiger partial charge in [0, 0.05) is 41.0 Å². The van der Waals surface area contributed by atoms with Gasteiger partial charge in [-0.05, 0) is 11.6 Å². The summed E-state index contributed by atoms with van der Waals surface area (Å²) in [6.07, 6.45) is 0. The molecule has 10 nitrogen and oxygen atoms in total. The average molecular weight is 329 g/mol. The van der Waals surface area contributed by atoms with Crippen LogP contribution in [0.5, 0.6) is 0 Å². The summed E-state index contributed by atoms with van der Waals surface area (Å²) < 4.78 is 0. The quantitative estimate of drug-likeness (QED) is 0.424. The Kier molecular flexibility index (Phi) is 3.22. The van der Waals surface area contributed by atoms with Gasteiger partial charge in [0.25, 0.3) is 11.4 Å². The molecule has 0 saturated carbocycles. The van der Waals surface area contributed by atoms with E-state index in [1.807, 2.05) is 0 Å². The van der Waals surface area contributed by atoms with Crippen molar-refractivity contribution in [2.24, 2.45) is 5.16 Å². The second kappa shape index (κ2) is 5.12. The van der Waals surface area contributed by atoms with Crippen LogP contribution in [-0.4, -0.2) is 31.8 Å². The lowest BCUT2D eigenvalue weighted by Gasteiger charge is -2.05. The molecule has 0 fully saturated rings. The van der Waals surface area contributed by atoms with Crippen LogP contribution in [0.2, 0.25) is 0 Å². The van der Waals surface area contributed by atoms with Crippen molar-refractivity contribution in [1.29, 1.82) is 0 Å². The van der Waals surface area contributed by atoms with Crippen LogP contribution in [0.15, 0.2) is 35.5 Å². The predicted molar refractivity (Wildman–Crippen MR) is 79.6 cm³/mol. The highest BCUT2D eigenvalue weighted by molar-refractivity contribution is 6.27. The minimum Gasteiger partial charge on any atom is -0.478 e. The molecule has 120 valence electrons. The van der Waals surface area contributed by atoms with Crippen molar-refractivity contribution < 1.29 is 25.0 Å². The normalized spacial score (nSPS) is 13.4. The lowest BCUT2D eigenvalue weighted by Crippen LogP contribution is -2.04. The summed E-state index contributed by atoms with van der Waals surface area (Å²) in [6.45, 7) is 0. The largest absolute Gasteiger partial charge is 0.478 e. The van der Waals surface area contributed by atoms with Gasteiger partial charge in [-0.2, -0.15) is 0 Å². The topological polar surface area (TPSA) is 156 Å². The van der Waals surface area contributed by atoms with Crippen LogP contribution in [0.25, 0.3) is 11.1 Å². The molecular weight excluding hydrogens is 322 g/mol. The summed E-state index contributed by atoms with van der Waals surface area (Å²) in [5.41, 5.74) is -0.725. The van der Waals surface area contributed by atoms with Gasteiger partial charge in [-0.1, -0.05) is 5.16 Å². The smallest absolute Gasteiger partial charge is 0.336 e. The maximum absolute atomic E-state index is 11.5. The Morgan fingerprint density at radius 3 is 2.12 bits per heavy atom. The zero-order valence-corrected chi connectivity index (χ0v) is 11.7. The number of nitro benzene ring substituents is 2. The maximum Gasteiger partial charge on any atom is 0.336 e. The number of carboxylic acids is 1. The summed E-state index contributed by atoms with van der Waals surface area (Å²) in [7, 11) is 0. The number of rotatable bonds is 3. The van der Waals surface area contributed by atoms with Gasteiger partial charge >= 0.3 is 5.97 Å². The Morgan fingerprint density at radius 2 is 1.58 bits per heavy atom. The Hall–Kier alpha value is -3.82. The van der Waals surface area contributed by atoms with Gasteiger partial charge in [0.2, 0.25) is 0 Å². The highest BCUT2D eigenvalue weighted by atomic mass is 16.6. The molecule has 0 aliphatic heterocycles. The molecule has 0 amide bonds. The number of carboxylic acid groups (broad SMARTS) is 1. The number of benzene rings is 2. The summed E-state index contributed by atoms with van der Waals surface area (Å²) in [4.78, 5) is 32.0. The van der Waals surface area contributed by atoms with Crippen LogP contribution in [0.3, 0.4) is 0 Å². The highest BCUT2D eigenvalue weighted by Gasteiger charge is 2.33. The van der Waals surface area contributed by atoms with Crippen molar-refractivity contribution in [1.82, 2.24) is 0 Å². The van der Waals surface area contributed by atoms with Gasteiger partial charge in [-0.15, -0.1) is 0 Å². The molecule has 0 aromatic heterocycles. The van der Waals surface area contributed by atoms with Crippen LogP contribution in [0, 0.1) is 20.2 Å². The van der Waals surface area contributed by atoms with Gasteiger partial charge in [-0.25, -0.2) is 4.79 Å². The number of fused-ring (bicyclic) bond motifs is 3. The Morgan fingerprint density at radius 1 is 0.958 bits per heavy atom. The molecule has 1 aliphatic rings. The second-order valence-electron chi connectivity index (χ2n) is 4.91. The SMILES string of the molecule is O=C(O)c1cc([N+](=O)[O-])cc2c1-c1ccc([N+](=O)[O-])cc1/C2=N/O. The molecule has 0 bridgehead atoms. The fourth-order valence-electron chi connectivity index (χ4n) is 2.69. The molecule has 3 rings (SSSR count). The number of nitrogens with zero attached hydrogens (tertiary/aromatic N) is 3. The summed E-state index contributed by atoms with van der Waals surface area (Å²) in [6, 6.07) is 5.59. The van der Waals surface area contributed by atoms with Gasteiger partial charge in [0.15, 0.2) is 0 Å². The van der Waals surface area contributed by atoms with E-state index in [-0.39, 0.29) is 39.2 Å². The maximum atomic E-state index is 11.5. The van der Waals surface area contributed by atoms with Crippen molar-refractivity contribution in [3.8, 4) is 11.1 Å². The van der Waals surface area contributed by atoms with Crippen LogP contribution in [0.4, 0.5) is 11.4 Å². The van der Waals surface area contributed by atoms with E-state index < -0.39 is 21.5 Å². The third-order valence-corrected chi connectivity index (χ3v) is 3.66. The zero-order chi connectivity index (χ0) is 17.6. The second-order valence-corrected chi connectivity index (χ2v) is 4.91. The molecule has 0 spiro atoms. The molecule has 1 aliphatic carbocycles. The van der Waals surface area contributed by atoms with Crippen molar-refractivity contribution in [2.75, 3.05) is 0 Å². The number of aromatic carboxylic acids is 1. The monoisotopic (exact) mass is 329 g/mol. The molecule has 10 heteroatoms. The van der Waals surface area contributed by atoms with Gasteiger partial charge in [0.1, 0.15) is 5.71 Å². The van der Waals surface area contributed by atoms with Crippen LogP contribution < -0.4 is 0 Å². The molecule has 2 aromatic rings. The lowest BCUT2D eigenvalue weighted by molar-refractivity contribution is -0.385. The summed E-state index contributed by atoms with van der Waals surface area (Å²) >= 11 is 0. The molecule has 2 N–H and O–H groups in total. The highest BCUT2D eigenvalue weighted by Crippen LogP contribution is 2.42. The van der Waals surface area contributed by atoms with Crippen molar-refractivity contribution in [3.05, 3.63) is 67.3 Å². The first-order valence-corrected chi connectivity index (χ1v) is 6.42.